The molecule has 8 nitrogen and oxygen atoms in total. The summed E-state index contributed by atoms with van der Waals surface area (Å²) in [4.78, 5) is 35.7. The van der Waals surface area contributed by atoms with Crippen LogP contribution in [-0.4, -0.2) is 30.9 Å². The minimum atomic E-state index is -0.541. The van der Waals surface area contributed by atoms with Crippen molar-refractivity contribution in [1.29, 1.82) is 5.26 Å². The minimum absolute atomic E-state index is 0.00255. The highest BCUT2D eigenvalue weighted by atomic mass is 16.5. The number of carbonyl (C=O) groups is 3. The van der Waals surface area contributed by atoms with E-state index in [-0.39, 0.29) is 30.9 Å². The predicted octanol–water partition coefficient (Wildman–Crippen LogP) is 2.20. The van der Waals surface area contributed by atoms with Gasteiger partial charge in [-0.05, 0) is 47.4 Å². The van der Waals surface area contributed by atoms with Crippen LogP contribution in [0, 0.1) is 11.3 Å². The third-order valence-corrected chi connectivity index (χ3v) is 4.35. The van der Waals surface area contributed by atoms with E-state index in [0.717, 1.165) is 5.56 Å². The molecule has 2 aromatic carbocycles. The number of hydrogen-bond donors (Lipinski definition) is 3. The van der Waals surface area contributed by atoms with Gasteiger partial charge in [0.1, 0.15) is 5.75 Å². The largest absolute Gasteiger partial charge is 0.484 e. The number of nitrogens with zero attached hydrogens (tertiary/aromatic N) is 1. The summed E-state index contributed by atoms with van der Waals surface area (Å²) in [5.74, 6) is -0.831. The van der Waals surface area contributed by atoms with Crippen molar-refractivity contribution in [3.63, 3.8) is 0 Å². The van der Waals surface area contributed by atoms with Crippen molar-refractivity contribution in [2.75, 3.05) is 13.2 Å². The van der Waals surface area contributed by atoms with E-state index < -0.39 is 11.8 Å². The number of carbonyl (C=O) groups excluding carboxylic acids is 3. The van der Waals surface area contributed by atoms with E-state index in [2.05, 4.69) is 36.9 Å². The first kappa shape index (κ1) is 23.4. The molecule has 0 saturated heterocycles. The summed E-state index contributed by atoms with van der Waals surface area (Å²) in [6.07, 6.45) is 0.00255. The van der Waals surface area contributed by atoms with Crippen LogP contribution in [0.4, 0.5) is 0 Å². The van der Waals surface area contributed by atoms with Gasteiger partial charge in [-0.15, -0.1) is 0 Å². The molecule has 0 aliphatic heterocycles. The first-order valence-electron chi connectivity index (χ1n) is 9.78. The molecule has 0 spiro atoms. The van der Waals surface area contributed by atoms with Gasteiger partial charge in [-0.1, -0.05) is 32.9 Å². The van der Waals surface area contributed by atoms with E-state index in [0.29, 0.717) is 16.9 Å². The fourth-order valence-corrected chi connectivity index (χ4v) is 2.53. The van der Waals surface area contributed by atoms with Crippen molar-refractivity contribution in [2.45, 2.75) is 32.6 Å². The van der Waals surface area contributed by atoms with Crippen LogP contribution in [0.3, 0.4) is 0 Å². The lowest BCUT2D eigenvalue weighted by Gasteiger charge is -2.19. The molecule has 162 valence electrons. The Morgan fingerprint density at radius 1 is 0.935 bits per heavy atom. The van der Waals surface area contributed by atoms with Crippen LogP contribution in [-0.2, 0) is 15.0 Å². The number of rotatable bonds is 7. The van der Waals surface area contributed by atoms with Crippen LogP contribution in [0.15, 0.2) is 48.5 Å². The molecule has 0 radical (unpaired) electrons. The molecule has 0 saturated carbocycles. The Balaban J connectivity index is 1.65. The fourth-order valence-electron chi connectivity index (χ4n) is 2.53. The van der Waals surface area contributed by atoms with Crippen LogP contribution in [0.25, 0.3) is 0 Å². The monoisotopic (exact) mass is 422 g/mol. The molecule has 3 amide bonds. The Hall–Kier alpha value is -3.86. The van der Waals surface area contributed by atoms with Crippen molar-refractivity contribution in [2.24, 2.45) is 0 Å². The molecule has 0 aliphatic carbocycles. The van der Waals surface area contributed by atoms with E-state index in [1.165, 1.54) is 0 Å². The molecule has 2 rings (SSSR count). The Labute approximate surface area is 181 Å². The van der Waals surface area contributed by atoms with Crippen LogP contribution in [0.5, 0.6) is 5.75 Å². The van der Waals surface area contributed by atoms with Gasteiger partial charge in [0.25, 0.3) is 11.8 Å². The zero-order valence-corrected chi connectivity index (χ0v) is 17.8. The number of nitrogens with one attached hydrogen (secondary N) is 3. The molecular formula is C23H26N4O4. The lowest BCUT2D eigenvalue weighted by Crippen LogP contribution is -2.44. The van der Waals surface area contributed by atoms with E-state index >= 15 is 0 Å². The van der Waals surface area contributed by atoms with Crippen LogP contribution < -0.4 is 20.9 Å². The Morgan fingerprint density at radius 2 is 1.55 bits per heavy atom. The van der Waals surface area contributed by atoms with Crippen LogP contribution >= 0.6 is 0 Å². The topological polar surface area (TPSA) is 120 Å². The van der Waals surface area contributed by atoms with Gasteiger partial charge in [-0.25, -0.2) is 0 Å². The molecule has 8 heteroatoms. The van der Waals surface area contributed by atoms with Crippen molar-refractivity contribution in [3.05, 3.63) is 65.2 Å². The van der Waals surface area contributed by atoms with E-state index in [1.54, 1.807) is 36.4 Å². The Kier molecular flexibility index (Phi) is 8.15. The van der Waals surface area contributed by atoms with E-state index in [1.807, 2.05) is 18.2 Å². The summed E-state index contributed by atoms with van der Waals surface area (Å²) in [5, 5.41) is 11.4. The molecule has 0 heterocycles. The number of hydrogen-bond acceptors (Lipinski definition) is 5. The summed E-state index contributed by atoms with van der Waals surface area (Å²) < 4.78 is 5.26. The lowest BCUT2D eigenvalue weighted by molar-refractivity contribution is -0.129. The van der Waals surface area contributed by atoms with Crippen LogP contribution in [0.2, 0.25) is 0 Å². The minimum Gasteiger partial charge on any atom is -0.484 e. The van der Waals surface area contributed by atoms with Gasteiger partial charge in [0.15, 0.2) is 6.61 Å². The number of hydrazine groups is 1. The molecular weight excluding hydrogens is 396 g/mol. The van der Waals surface area contributed by atoms with Gasteiger partial charge in [0.2, 0.25) is 5.91 Å². The van der Waals surface area contributed by atoms with Crippen molar-refractivity contribution >= 4 is 17.7 Å². The quantitative estimate of drug-likeness (QED) is 0.591. The normalized spacial score (nSPS) is 10.5. The zero-order chi connectivity index (χ0) is 22.9. The molecule has 0 atom stereocenters. The lowest BCUT2D eigenvalue weighted by atomic mass is 9.87. The first-order chi connectivity index (χ1) is 14.7. The molecule has 3 N–H and O–H groups in total. The third kappa shape index (κ3) is 7.82. The fraction of sp³-hybridized carbons (Fsp3) is 0.304. The van der Waals surface area contributed by atoms with E-state index in [4.69, 9.17) is 10.00 Å². The summed E-state index contributed by atoms with van der Waals surface area (Å²) in [5.41, 5.74) is 6.63. The number of nitriles is 1. The second kappa shape index (κ2) is 10.8. The van der Waals surface area contributed by atoms with Gasteiger partial charge >= 0.3 is 0 Å². The number of ether oxygens (including phenoxy) is 1. The van der Waals surface area contributed by atoms with Gasteiger partial charge in [0, 0.05) is 18.5 Å². The molecule has 0 unspecified atom stereocenters. The summed E-state index contributed by atoms with van der Waals surface area (Å²) in [6, 6.07) is 15.6. The summed E-state index contributed by atoms with van der Waals surface area (Å²) >= 11 is 0. The van der Waals surface area contributed by atoms with Gasteiger partial charge < -0.3 is 10.1 Å². The molecule has 0 aliphatic rings. The Bertz CT molecular complexity index is 955. The molecule has 2 aromatic rings. The maximum Gasteiger partial charge on any atom is 0.276 e. The first-order valence-corrected chi connectivity index (χ1v) is 9.78. The summed E-state index contributed by atoms with van der Waals surface area (Å²) in [7, 11) is 0. The van der Waals surface area contributed by atoms with Crippen molar-refractivity contribution in [3.8, 4) is 11.8 Å². The maximum atomic E-state index is 12.2. The Morgan fingerprint density at radius 3 is 2.13 bits per heavy atom. The highest BCUT2D eigenvalue weighted by Gasteiger charge is 2.14. The van der Waals surface area contributed by atoms with Crippen molar-refractivity contribution < 1.29 is 19.1 Å². The molecule has 0 bridgehead atoms. The number of benzene rings is 2. The molecule has 0 fully saturated rings. The van der Waals surface area contributed by atoms with Gasteiger partial charge in [0.05, 0.1) is 11.6 Å². The second-order valence-electron chi connectivity index (χ2n) is 7.85. The van der Waals surface area contributed by atoms with Gasteiger partial charge in [-0.2, -0.15) is 5.26 Å². The number of amides is 3. The van der Waals surface area contributed by atoms with E-state index in [9.17, 15) is 14.4 Å². The standard InChI is InChI=1S/C23H26N4O4/c1-23(2,3)18-8-6-17(7-9-18)22(30)25-13-12-20(28)26-27-21(29)15-31-19-10-4-16(14-24)5-11-19/h4-11H,12-13,15H2,1-3H3,(H,25,30)(H,26,28)(H,27,29). The predicted molar refractivity (Wildman–Crippen MR) is 115 cm³/mol. The van der Waals surface area contributed by atoms with Gasteiger partial charge in [-0.3, -0.25) is 25.2 Å². The van der Waals surface area contributed by atoms with Crippen LogP contribution in [0.1, 0.15) is 48.7 Å². The highest BCUT2D eigenvalue weighted by Crippen LogP contribution is 2.22. The molecule has 31 heavy (non-hydrogen) atoms. The van der Waals surface area contributed by atoms with Crippen molar-refractivity contribution in [1.82, 2.24) is 16.2 Å². The molecule has 0 aromatic heterocycles. The smallest absolute Gasteiger partial charge is 0.276 e. The third-order valence-electron chi connectivity index (χ3n) is 4.35. The maximum absolute atomic E-state index is 12.2. The average Bonchev–Trinajstić information content (AvgIpc) is 2.76. The SMILES string of the molecule is CC(C)(C)c1ccc(C(=O)NCCC(=O)NNC(=O)COc2ccc(C#N)cc2)cc1. The summed E-state index contributed by atoms with van der Waals surface area (Å²) in [6.45, 7) is 6.12. The second-order valence-corrected chi connectivity index (χ2v) is 7.85. The highest BCUT2D eigenvalue weighted by molar-refractivity contribution is 5.94. The zero-order valence-electron chi connectivity index (χ0n) is 17.8. The average molecular weight is 422 g/mol.